The van der Waals surface area contributed by atoms with E-state index in [0.717, 1.165) is 30.0 Å². The van der Waals surface area contributed by atoms with Crippen molar-refractivity contribution in [2.24, 2.45) is 17.8 Å². The zero-order chi connectivity index (χ0) is 13.2. The van der Waals surface area contributed by atoms with Gasteiger partial charge in [-0.2, -0.15) is 0 Å². The molecule has 104 valence electrons. The van der Waals surface area contributed by atoms with Crippen molar-refractivity contribution in [3.8, 4) is 5.75 Å². The minimum Gasteiger partial charge on any atom is -0.497 e. The summed E-state index contributed by atoms with van der Waals surface area (Å²) in [5.74, 6) is 3.88. The Balaban J connectivity index is 1.76. The van der Waals surface area contributed by atoms with Crippen LogP contribution in [-0.4, -0.2) is 13.7 Å². The zero-order valence-electron chi connectivity index (χ0n) is 12.1. The van der Waals surface area contributed by atoms with Gasteiger partial charge in [-0.05, 0) is 67.7 Å². The number of nitrogens with one attached hydrogen (secondary N) is 1. The standard InChI is InChI=1S/C17H25NO/c1-3-7-18-17(15-9-13-8-14(13)10-15)12-5-4-6-16(11-12)19-2/h4-6,11,13-15,17-18H,3,7-10H2,1-2H3. The van der Waals surface area contributed by atoms with Crippen molar-refractivity contribution in [3.63, 3.8) is 0 Å². The van der Waals surface area contributed by atoms with Gasteiger partial charge in [0.05, 0.1) is 7.11 Å². The predicted molar refractivity (Wildman–Crippen MR) is 78.3 cm³/mol. The molecular weight excluding hydrogens is 234 g/mol. The van der Waals surface area contributed by atoms with E-state index in [1.807, 2.05) is 6.07 Å². The summed E-state index contributed by atoms with van der Waals surface area (Å²) in [5.41, 5.74) is 1.40. The van der Waals surface area contributed by atoms with E-state index in [2.05, 4.69) is 30.4 Å². The number of fused-ring (bicyclic) bond motifs is 1. The van der Waals surface area contributed by atoms with Crippen LogP contribution in [0.25, 0.3) is 0 Å². The molecule has 3 unspecified atom stereocenters. The third-order valence-electron chi connectivity index (χ3n) is 4.82. The second-order valence-electron chi connectivity index (χ2n) is 6.20. The van der Waals surface area contributed by atoms with Crippen molar-refractivity contribution in [3.05, 3.63) is 29.8 Å². The number of ether oxygens (including phenoxy) is 1. The molecule has 0 spiro atoms. The molecule has 2 nitrogen and oxygen atoms in total. The second-order valence-corrected chi connectivity index (χ2v) is 6.20. The molecule has 0 aromatic heterocycles. The van der Waals surface area contributed by atoms with Gasteiger partial charge >= 0.3 is 0 Å². The summed E-state index contributed by atoms with van der Waals surface area (Å²) in [6.45, 7) is 3.34. The molecule has 2 heteroatoms. The number of methoxy groups -OCH3 is 1. The summed E-state index contributed by atoms with van der Waals surface area (Å²) in [7, 11) is 1.75. The molecule has 0 heterocycles. The Morgan fingerprint density at radius 1 is 1.26 bits per heavy atom. The third-order valence-corrected chi connectivity index (χ3v) is 4.82. The first kappa shape index (κ1) is 13.0. The summed E-state index contributed by atoms with van der Waals surface area (Å²) >= 11 is 0. The highest BCUT2D eigenvalue weighted by molar-refractivity contribution is 5.31. The first-order valence-electron chi connectivity index (χ1n) is 7.69. The Labute approximate surface area is 116 Å². The van der Waals surface area contributed by atoms with Gasteiger partial charge in [-0.3, -0.25) is 0 Å². The number of benzene rings is 1. The van der Waals surface area contributed by atoms with Crippen LogP contribution < -0.4 is 10.1 Å². The van der Waals surface area contributed by atoms with Gasteiger partial charge in [0.25, 0.3) is 0 Å². The Morgan fingerprint density at radius 2 is 2.05 bits per heavy atom. The molecule has 1 aromatic rings. The van der Waals surface area contributed by atoms with E-state index in [9.17, 15) is 0 Å². The average Bonchev–Trinajstić information content (AvgIpc) is 3.06. The van der Waals surface area contributed by atoms with E-state index in [0.29, 0.717) is 6.04 Å². The van der Waals surface area contributed by atoms with Crippen molar-refractivity contribution in [1.29, 1.82) is 0 Å². The predicted octanol–water partition coefficient (Wildman–Crippen LogP) is 3.78. The molecule has 0 saturated heterocycles. The molecular formula is C17H25NO. The maximum atomic E-state index is 5.37. The average molecular weight is 259 g/mol. The molecule has 2 aliphatic rings. The molecule has 3 atom stereocenters. The van der Waals surface area contributed by atoms with Gasteiger partial charge in [0.15, 0.2) is 0 Å². The Morgan fingerprint density at radius 3 is 2.74 bits per heavy atom. The zero-order valence-corrected chi connectivity index (χ0v) is 12.1. The first-order valence-corrected chi connectivity index (χ1v) is 7.69. The Hall–Kier alpha value is -1.02. The van der Waals surface area contributed by atoms with E-state index in [4.69, 9.17) is 4.74 Å². The lowest BCUT2D eigenvalue weighted by Crippen LogP contribution is -2.28. The van der Waals surface area contributed by atoms with Crippen LogP contribution in [0.3, 0.4) is 0 Å². The quantitative estimate of drug-likeness (QED) is 0.839. The van der Waals surface area contributed by atoms with Gasteiger partial charge in [0, 0.05) is 6.04 Å². The molecule has 0 aliphatic heterocycles. The van der Waals surface area contributed by atoms with Crippen molar-refractivity contribution in [2.75, 3.05) is 13.7 Å². The molecule has 0 amide bonds. The van der Waals surface area contributed by atoms with Gasteiger partial charge in [0.1, 0.15) is 5.75 Å². The molecule has 0 bridgehead atoms. The van der Waals surface area contributed by atoms with Crippen LogP contribution in [0.1, 0.15) is 44.2 Å². The van der Waals surface area contributed by atoms with Crippen LogP contribution in [0.4, 0.5) is 0 Å². The topological polar surface area (TPSA) is 21.3 Å². The number of hydrogen-bond acceptors (Lipinski definition) is 2. The largest absolute Gasteiger partial charge is 0.497 e. The fourth-order valence-electron chi connectivity index (χ4n) is 3.73. The lowest BCUT2D eigenvalue weighted by Gasteiger charge is -2.27. The van der Waals surface area contributed by atoms with Crippen LogP contribution in [0.2, 0.25) is 0 Å². The van der Waals surface area contributed by atoms with Gasteiger partial charge in [-0.1, -0.05) is 19.1 Å². The molecule has 1 N–H and O–H groups in total. The van der Waals surface area contributed by atoms with Crippen LogP contribution in [-0.2, 0) is 0 Å². The van der Waals surface area contributed by atoms with E-state index >= 15 is 0 Å². The minimum absolute atomic E-state index is 0.517. The van der Waals surface area contributed by atoms with Crippen molar-refractivity contribution in [2.45, 2.75) is 38.6 Å². The fraction of sp³-hybridized carbons (Fsp3) is 0.647. The highest BCUT2D eigenvalue weighted by atomic mass is 16.5. The maximum absolute atomic E-state index is 5.37. The van der Waals surface area contributed by atoms with E-state index in [-0.39, 0.29) is 0 Å². The summed E-state index contributed by atoms with van der Waals surface area (Å²) in [6, 6.07) is 9.12. The summed E-state index contributed by atoms with van der Waals surface area (Å²) < 4.78 is 5.37. The summed E-state index contributed by atoms with van der Waals surface area (Å²) in [5, 5.41) is 3.76. The molecule has 1 aromatic carbocycles. The normalized spacial score (nSPS) is 29.9. The van der Waals surface area contributed by atoms with Crippen LogP contribution in [0.5, 0.6) is 5.75 Å². The Kier molecular flexibility index (Phi) is 3.79. The molecule has 2 aliphatic carbocycles. The van der Waals surface area contributed by atoms with Crippen LogP contribution >= 0.6 is 0 Å². The molecule has 19 heavy (non-hydrogen) atoms. The number of hydrogen-bond donors (Lipinski definition) is 1. The second kappa shape index (κ2) is 5.54. The van der Waals surface area contributed by atoms with E-state index < -0.39 is 0 Å². The minimum atomic E-state index is 0.517. The van der Waals surface area contributed by atoms with Gasteiger partial charge in [0.2, 0.25) is 0 Å². The first-order chi connectivity index (χ1) is 9.31. The van der Waals surface area contributed by atoms with Gasteiger partial charge in [-0.15, -0.1) is 0 Å². The van der Waals surface area contributed by atoms with E-state index in [1.54, 1.807) is 7.11 Å². The van der Waals surface area contributed by atoms with Crippen molar-refractivity contribution in [1.82, 2.24) is 5.32 Å². The lowest BCUT2D eigenvalue weighted by molar-refractivity contribution is 0.340. The van der Waals surface area contributed by atoms with Gasteiger partial charge in [-0.25, -0.2) is 0 Å². The molecule has 0 radical (unpaired) electrons. The highest BCUT2D eigenvalue weighted by Gasteiger charge is 2.47. The van der Waals surface area contributed by atoms with Gasteiger partial charge < -0.3 is 10.1 Å². The molecule has 2 saturated carbocycles. The SMILES string of the molecule is CCCNC(c1cccc(OC)c1)C1CC2CC2C1. The smallest absolute Gasteiger partial charge is 0.119 e. The summed E-state index contributed by atoms with van der Waals surface area (Å²) in [4.78, 5) is 0. The van der Waals surface area contributed by atoms with Crippen molar-refractivity contribution < 1.29 is 4.74 Å². The molecule has 3 rings (SSSR count). The Bertz CT molecular complexity index is 421. The highest BCUT2D eigenvalue weighted by Crippen LogP contribution is 2.57. The van der Waals surface area contributed by atoms with Crippen LogP contribution in [0.15, 0.2) is 24.3 Å². The maximum Gasteiger partial charge on any atom is 0.119 e. The third kappa shape index (κ3) is 2.79. The number of rotatable bonds is 6. The van der Waals surface area contributed by atoms with E-state index in [1.165, 1.54) is 31.2 Å². The fourth-order valence-corrected chi connectivity index (χ4v) is 3.73. The lowest BCUT2D eigenvalue weighted by atomic mass is 9.89. The molecule has 2 fully saturated rings. The van der Waals surface area contributed by atoms with Crippen LogP contribution in [0, 0.1) is 17.8 Å². The monoisotopic (exact) mass is 259 g/mol. The van der Waals surface area contributed by atoms with Crippen molar-refractivity contribution >= 4 is 0 Å². The summed E-state index contributed by atoms with van der Waals surface area (Å²) in [6.07, 6.45) is 5.53.